The number of ether oxygens (including phenoxy) is 2. The predicted octanol–water partition coefficient (Wildman–Crippen LogP) is 6.01. The summed E-state index contributed by atoms with van der Waals surface area (Å²) in [5, 5.41) is 4.07. The van der Waals surface area contributed by atoms with Gasteiger partial charge in [0.1, 0.15) is 18.1 Å². The molecule has 1 amide bonds. The fourth-order valence-corrected chi connectivity index (χ4v) is 4.91. The lowest BCUT2D eigenvalue weighted by Crippen LogP contribution is -2.17. The highest BCUT2D eigenvalue weighted by Gasteiger charge is 2.09. The summed E-state index contributed by atoms with van der Waals surface area (Å²) in [5.41, 5.74) is 4.98. The van der Waals surface area contributed by atoms with Crippen LogP contribution in [0.2, 0.25) is 0 Å². The number of benzene rings is 3. The van der Waals surface area contributed by atoms with E-state index in [1.54, 1.807) is 37.6 Å². The summed E-state index contributed by atoms with van der Waals surface area (Å²) in [4.78, 5) is 12.2. The zero-order valence-electron chi connectivity index (χ0n) is 15.9. The van der Waals surface area contributed by atoms with E-state index in [-0.39, 0.29) is 5.91 Å². The number of halogens is 3. The maximum absolute atomic E-state index is 12.2. The van der Waals surface area contributed by atoms with E-state index in [2.05, 4.69) is 71.6 Å². The van der Waals surface area contributed by atoms with Crippen LogP contribution < -0.4 is 14.9 Å². The Morgan fingerprint density at radius 2 is 1.80 bits per heavy atom. The first-order valence-corrected chi connectivity index (χ1v) is 11.7. The molecule has 8 heteroatoms. The van der Waals surface area contributed by atoms with Crippen LogP contribution in [-0.4, -0.2) is 19.2 Å². The largest absolute Gasteiger partial charge is 0.497 e. The second-order valence-electron chi connectivity index (χ2n) is 6.16. The van der Waals surface area contributed by atoms with Crippen molar-refractivity contribution in [2.45, 2.75) is 6.61 Å². The van der Waals surface area contributed by atoms with E-state index < -0.39 is 0 Å². The number of hydrogen-bond acceptors (Lipinski definition) is 4. The highest BCUT2D eigenvalue weighted by atomic mass is 127. The normalized spacial score (nSPS) is 10.8. The van der Waals surface area contributed by atoms with Crippen molar-refractivity contribution in [1.29, 1.82) is 0 Å². The van der Waals surface area contributed by atoms with Crippen molar-refractivity contribution in [3.8, 4) is 11.5 Å². The van der Waals surface area contributed by atoms with Crippen LogP contribution in [0.15, 0.2) is 70.2 Å². The van der Waals surface area contributed by atoms with Crippen molar-refractivity contribution >= 4 is 73.2 Å². The van der Waals surface area contributed by atoms with Gasteiger partial charge in [-0.05, 0) is 98.8 Å². The highest BCUT2D eigenvalue weighted by molar-refractivity contribution is 14.1. The van der Waals surface area contributed by atoms with Gasteiger partial charge in [0.25, 0.3) is 5.91 Å². The van der Waals surface area contributed by atoms with Gasteiger partial charge in [0.2, 0.25) is 0 Å². The molecule has 0 fully saturated rings. The molecule has 0 aromatic heterocycles. The molecule has 3 aromatic rings. The number of hydrogen-bond donors (Lipinski definition) is 1. The molecule has 30 heavy (non-hydrogen) atoms. The van der Waals surface area contributed by atoms with Gasteiger partial charge in [-0.15, -0.1) is 0 Å². The number of amides is 1. The lowest BCUT2D eigenvalue weighted by Gasteiger charge is -2.11. The standard InChI is InChI=1S/C22H17BrI2N2O3/c1-29-18-4-2-3-16(11-18)22(28)27-26-12-15-9-19(24)21(20(25)10-15)30-13-14-5-7-17(23)8-6-14/h2-12H,13H2,1H3,(H,27,28)/b26-12+. The van der Waals surface area contributed by atoms with Crippen molar-refractivity contribution in [1.82, 2.24) is 5.43 Å². The molecule has 0 saturated carbocycles. The smallest absolute Gasteiger partial charge is 0.271 e. The molecular weight excluding hydrogens is 674 g/mol. The van der Waals surface area contributed by atoms with Crippen LogP contribution in [0.1, 0.15) is 21.5 Å². The van der Waals surface area contributed by atoms with Gasteiger partial charge in [-0.3, -0.25) is 4.79 Å². The Morgan fingerprint density at radius 1 is 1.10 bits per heavy atom. The molecule has 5 nitrogen and oxygen atoms in total. The maximum atomic E-state index is 12.2. The van der Waals surface area contributed by atoms with E-state index in [1.165, 1.54) is 0 Å². The predicted molar refractivity (Wildman–Crippen MR) is 138 cm³/mol. The van der Waals surface area contributed by atoms with E-state index in [9.17, 15) is 4.79 Å². The average Bonchev–Trinajstić information content (AvgIpc) is 2.74. The van der Waals surface area contributed by atoms with Crippen LogP contribution in [0.25, 0.3) is 0 Å². The van der Waals surface area contributed by atoms with Crippen molar-refractivity contribution < 1.29 is 14.3 Å². The van der Waals surface area contributed by atoms with Crippen molar-refractivity contribution in [3.63, 3.8) is 0 Å². The average molecular weight is 691 g/mol. The van der Waals surface area contributed by atoms with Crippen molar-refractivity contribution in [2.24, 2.45) is 5.10 Å². The fraction of sp³-hybridized carbons (Fsp3) is 0.0909. The molecule has 1 N–H and O–H groups in total. The van der Waals surface area contributed by atoms with Gasteiger partial charge in [0.05, 0.1) is 20.5 Å². The lowest BCUT2D eigenvalue weighted by atomic mass is 10.2. The Morgan fingerprint density at radius 3 is 2.47 bits per heavy atom. The number of hydrazone groups is 1. The van der Waals surface area contributed by atoms with Crippen LogP contribution in [0.5, 0.6) is 11.5 Å². The van der Waals surface area contributed by atoms with Crippen LogP contribution in [0.4, 0.5) is 0 Å². The molecule has 154 valence electrons. The van der Waals surface area contributed by atoms with E-state index in [4.69, 9.17) is 9.47 Å². The third-order valence-corrected chi connectivity index (χ3v) is 6.16. The molecule has 0 aliphatic heterocycles. The second-order valence-corrected chi connectivity index (χ2v) is 9.40. The molecule has 0 radical (unpaired) electrons. The molecule has 3 aromatic carbocycles. The van der Waals surface area contributed by atoms with E-state index >= 15 is 0 Å². The minimum atomic E-state index is -0.302. The number of carbonyl (C=O) groups is 1. The second kappa shape index (κ2) is 11.1. The van der Waals surface area contributed by atoms with Gasteiger partial charge in [-0.25, -0.2) is 5.43 Å². The Kier molecular flexibility index (Phi) is 8.51. The van der Waals surface area contributed by atoms with E-state index in [0.29, 0.717) is 17.9 Å². The number of carbonyl (C=O) groups excluding carboxylic acids is 1. The number of rotatable bonds is 7. The van der Waals surface area contributed by atoms with Gasteiger partial charge in [0, 0.05) is 10.0 Å². The Balaban J connectivity index is 1.64. The third-order valence-electron chi connectivity index (χ3n) is 4.03. The molecule has 0 aliphatic carbocycles. The van der Waals surface area contributed by atoms with Crippen LogP contribution in [0.3, 0.4) is 0 Å². The fourth-order valence-electron chi connectivity index (χ4n) is 2.52. The summed E-state index contributed by atoms with van der Waals surface area (Å²) in [6, 6.07) is 18.9. The van der Waals surface area contributed by atoms with Crippen molar-refractivity contribution in [3.05, 3.63) is 89.0 Å². The quantitative estimate of drug-likeness (QED) is 0.188. The van der Waals surface area contributed by atoms with Crippen LogP contribution in [-0.2, 0) is 6.61 Å². The zero-order valence-corrected chi connectivity index (χ0v) is 21.8. The van der Waals surface area contributed by atoms with Gasteiger partial charge in [0.15, 0.2) is 0 Å². The Bertz CT molecular complexity index is 1050. The first kappa shape index (κ1) is 23.0. The lowest BCUT2D eigenvalue weighted by molar-refractivity contribution is 0.0955. The number of methoxy groups -OCH3 is 1. The Labute approximate surface area is 210 Å². The van der Waals surface area contributed by atoms with Gasteiger partial charge in [-0.1, -0.05) is 34.1 Å². The van der Waals surface area contributed by atoms with Crippen molar-refractivity contribution in [2.75, 3.05) is 7.11 Å². The van der Waals surface area contributed by atoms with Gasteiger partial charge < -0.3 is 9.47 Å². The molecule has 0 heterocycles. The number of nitrogens with one attached hydrogen (secondary N) is 1. The van der Waals surface area contributed by atoms with E-state index in [1.807, 2.05) is 36.4 Å². The summed E-state index contributed by atoms with van der Waals surface area (Å²) >= 11 is 7.92. The molecule has 0 atom stereocenters. The molecule has 0 aliphatic rings. The van der Waals surface area contributed by atoms with Crippen LogP contribution in [0, 0.1) is 7.14 Å². The maximum Gasteiger partial charge on any atom is 0.271 e. The number of nitrogens with zero attached hydrogens (tertiary/aromatic N) is 1. The van der Waals surface area contributed by atoms with Gasteiger partial charge >= 0.3 is 0 Å². The summed E-state index contributed by atoms with van der Waals surface area (Å²) in [5.74, 6) is 1.15. The minimum absolute atomic E-state index is 0.302. The first-order valence-electron chi connectivity index (χ1n) is 8.80. The van der Waals surface area contributed by atoms with E-state index in [0.717, 1.165) is 28.5 Å². The van der Waals surface area contributed by atoms with Gasteiger partial charge in [-0.2, -0.15) is 5.10 Å². The molecule has 0 unspecified atom stereocenters. The molecule has 3 rings (SSSR count). The Hall–Kier alpha value is -1.66. The molecule has 0 spiro atoms. The topological polar surface area (TPSA) is 59.9 Å². The third kappa shape index (κ3) is 6.42. The SMILES string of the molecule is COc1cccc(C(=O)N/N=C/c2cc(I)c(OCc3ccc(Br)cc3)c(I)c2)c1. The first-order chi connectivity index (χ1) is 14.5. The summed E-state index contributed by atoms with van der Waals surface area (Å²) in [7, 11) is 1.56. The summed E-state index contributed by atoms with van der Waals surface area (Å²) in [6.45, 7) is 0.489. The monoisotopic (exact) mass is 690 g/mol. The molecular formula is C22H17BrI2N2O3. The highest BCUT2D eigenvalue weighted by Crippen LogP contribution is 2.29. The molecule has 0 saturated heterocycles. The summed E-state index contributed by atoms with van der Waals surface area (Å²) < 4.78 is 14.1. The summed E-state index contributed by atoms with van der Waals surface area (Å²) in [6.07, 6.45) is 1.61. The molecule has 0 bridgehead atoms. The van der Waals surface area contributed by atoms with Crippen LogP contribution >= 0.6 is 61.1 Å². The zero-order chi connectivity index (χ0) is 21.5. The minimum Gasteiger partial charge on any atom is -0.497 e.